The molecule has 0 aliphatic heterocycles. The molecular weight excluding hydrogens is 258 g/mol. The molecule has 0 saturated heterocycles. The molecule has 0 aliphatic carbocycles. The molecule has 4 heteroatoms. The molecule has 3 N–H and O–H groups in total. The van der Waals surface area contributed by atoms with Crippen molar-refractivity contribution < 1.29 is 0 Å². The lowest BCUT2D eigenvalue weighted by atomic mass is 10.1. The normalized spacial score (nSPS) is 11.1. The molecule has 0 spiro atoms. The summed E-state index contributed by atoms with van der Waals surface area (Å²) in [6.07, 6.45) is 0. The zero-order valence-electron chi connectivity index (χ0n) is 10.6. The molecule has 3 nitrogen and oxygen atoms in total. The molecule has 19 heavy (non-hydrogen) atoms. The van der Waals surface area contributed by atoms with Crippen LogP contribution in [0.15, 0.2) is 36.4 Å². The van der Waals surface area contributed by atoms with E-state index in [0.717, 1.165) is 33.5 Å². The summed E-state index contributed by atoms with van der Waals surface area (Å²) in [6, 6.07) is 11.8. The summed E-state index contributed by atoms with van der Waals surface area (Å²) < 4.78 is 0. The summed E-state index contributed by atoms with van der Waals surface area (Å²) in [7, 11) is 0. The molecular formula is C15H14ClN3. The van der Waals surface area contributed by atoms with Gasteiger partial charge in [-0.3, -0.25) is 0 Å². The molecule has 0 fully saturated rings. The van der Waals surface area contributed by atoms with Crippen molar-refractivity contribution in [3.05, 3.63) is 52.5 Å². The van der Waals surface area contributed by atoms with Gasteiger partial charge < -0.3 is 10.7 Å². The van der Waals surface area contributed by atoms with Crippen LogP contribution in [0.25, 0.3) is 22.4 Å². The lowest BCUT2D eigenvalue weighted by Crippen LogP contribution is -1.95. The van der Waals surface area contributed by atoms with E-state index in [0.29, 0.717) is 11.6 Å². The van der Waals surface area contributed by atoms with Gasteiger partial charge in [0.2, 0.25) is 0 Å². The van der Waals surface area contributed by atoms with E-state index in [1.807, 2.05) is 43.3 Å². The predicted molar refractivity (Wildman–Crippen MR) is 79.2 cm³/mol. The fourth-order valence-corrected chi connectivity index (χ4v) is 2.33. The van der Waals surface area contributed by atoms with Gasteiger partial charge in [0.05, 0.1) is 11.0 Å². The summed E-state index contributed by atoms with van der Waals surface area (Å²) in [5, 5.41) is 0.712. The predicted octanol–water partition coefficient (Wildman–Crippen LogP) is 3.65. The number of nitrogens with one attached hydrogen (secondary N) is 1. The van der Waals surface area contributed by atoms with Gasteiger partial charge in [-0.25, -0.2) is 4.98 Å². The Morgan fingerprint density at radius 3 is 2.84 bits per heavy atom. The molecule has 0 radical (unpaired) electrons. The molecule has 0 saturated carbocycles. The van der Waals surface area contributed by atoms with Gasteiger partial charge in [-0.05, 0) is 42.3 Å². The Hall–Kier alpha value is -1.84. The number of imidazole rings is 1. The number of nitrogens with two attached hydrogens (primary N) is 1. The van der Waals surface area contributed by atoms with Crippen LogP contribution in [0.2, 0.25) is 5.02 Å². The number of halogens is 1. The molecule has 3 rings (SSSR count). The zero-order valence-corrected chi connectivity index (χ0v) is 11.3. The van der Waals surface area contributed by atoms with Crippen LogP contribution in [0.5, 0.6) is 0 Å². The Morgan fingerprint density at radius 2 is 2.05 bits per heavy atom. The van der Waals surface area contributed by atoms with E-state index >= 15 is 0 Å². The van der Waals surface area contributed by atoms with E-state index in [2.05, 4.69) is 9.97 Å². The second kappa shape index (κ2) is 4.68. The highest BCUT2D eigenvalue weighted by Crippen LogP contribution is 2.26. The van der Waals surface area contributed by atoms with Gasteiger partial charge in [0.1, 0.15) is 5.82 Å². The number of nitrogens with zero attached hydrogens (tertiary/aromatic N) is 1. The Morgan fingerprint density at radius 1 is 1.21 bits per heavy atom. The van der Waals surface area contributed by atoms with Crippen LogP contribution in [0.1, 0.15) is 11.1 Å². The molecule has 0 aliphatic rings. The standard InChI is InChI=1S/C15H14ClN3/c1-9-2-4-11(16)7-12(9)15-18-13-5-3-10(8-17)6-14(13)19-15/h2-7H,8,17H2,1H3,(H,18,19). The van der Waals surface area contributed by atoms with E-state index in [1.165, 1.54) is 0 Å². The maximum Gasteiger partial charge on any atom is 0.138 e. The van der Waals surface area contributed by atoms with E-state index in [-0.39, 0.29) is 0 Å². The van der Waals surface area contributed by atoms with Gasteiger partial charge >= 0.3 is 0 Å². The van der Waals surface area contributed by atoms with Crippen molar-refractivity contribution in [1.29, 1.82) is 0 Å². The molecule has 96 valence electrons. The third kappa shape index (κ3) is 2.23. The van der Waals surface area contributed by atoms with Crippen molar-refractivity contribution in [3.8, 4) is 11.4 Å². The van der Waals surface area contributed by atoms with Crippen LogP contribution < -0.4 is 5.73 Å². The van der Waals surface area contributed by atoms with Crippen LogP contribution in [-0.4, -0.2) is 9.97 Å². The van der Waals surface area contributed by atoms with E-state index in [9.17, 15) is 0 Å². The van der Waals surface area contributed by atoms with Gasteiger partial charge in [-0.15, -0.1) is 0 Å². The maximum absolute atomic E-state index is 6.05. The number of aromatic amines is 1. The van der Waals surface area contributed by atoms with Crippen LogP contribution >= 0.6 is 11.6 Å². The Balaban J connectivity index is 2.17. The lowest BCUT2D eigenvalue weighted by Gasteiger charge is -2.02. The van der Waals surface area contributed by atoms with Gasteiger partial charge in [-0.2, -0.15) is 0 Å². The number of fused-ring (bicyclic) bond motifs is 1. The number of H-pyrrole nitrogens is 1. The van der Waals surface area contributed by atoms with Gasteiger partial charge in [0.25, 0.3) is 0 Å². The van der Waals surface area contributed by atoms with Crippen LogP contribution in [0, 0.1) is 6.92 Å². The molecule has 0 atom stereocenters. The van der Waals surface area contributed by atoms with Crippen molar-refractivity contribution in [3.63, 3.8) is 0 Å². The van der Waals surface area contributed by atoms with Crippen molar-refractivity contribution in [2.24, 2.45) is 5.73 Å². The number of benzene rings is 2. The third-order valence-electron chi connectivity index (χ3n) is 3.24. The average Bonchev–Trinajstić information content (AvgIpc) is 2.83. The Kier molecular flexibility index (Phi) is 3.01. The van der Waals surface area contributed by atoms with E-state index < -0.39 is 0 Å². The topological polar surface area (TPSA) is 54.7 Å². The first-order chi connectivity index (χ1) is 9.17. The number of aryl methyl sites for hydroxylation is 1. The van der Waals surface area contributed by atoms with Gasteiger partial charge in [-0.1, -0.05) is 23.7 Å². The highest BCUT2D eigenvalue weighted by molar-refractivity contribution is 6.30. The average molecular weight is 272 g/mol. The summed E-state index contributed by atoms with van der Waals surface area (Å²) in [6.45, 7) is 2.57. The number of hydrogen-bond donors (Lipinski definition) is 2. The van der Waals surface area contributed by atoms with Crippen LogP contribution in [0.3, 0.4) is 0 Å². The fourth-order valence-electron chi connectivity index (χ4n) is 2.16. The minimum Gasteiger partial charge on any atom is -0.338 e. The minimum absolute atomic E-state index is 0.528. The fraction of sp³-hybridized carbons (Fsp3) is 0.133. The van der Waals surface area contributed by atoms with Crippen molar-refractivity contribution in [1.82, 2.24) is 9.97 Å². The zero-order chi connectivity index (χ0) is 13.4. The molecule has 0 bridgehead atoms. The van der Waals surface area contributed by atoms with E-state index in [4.69, 9.17) is 17.3 Å². The second-order valence-electron chi connectivity index (χ2n) is 4.60. The van der Waals surface area contributed by atoms with Gasteiger partial charge in [0.15, 0.2) is 0 Å². The largest absolute Gasteiger partial charge is 0.338 e. The summed E-state index contributed by atoms with van der Waals surface area (Å²) >= 11 is 6.05. The number of rotatable bonds is 2. The number of hydrogen-bond acceptors (Lipinski definition) is 2. The first-order valence-corrected chi connectivity index (χ1v) is 6.50. The molecule has 0 amide bonds. The Bertz CT molecular complexity index is 746. The monoisotopic (exact) mass is 271 g/mol. The summed E-state index contributed by atoms with van der Waals surface area (Å²) in [5.74, 6) is 0.837. The quantitative estimate of drug-likeness (QED) is 0.747. The molecule has 0 unspecified atom stereocenters. The van der Waals surface area contributed by atoms with Crippen molar-refractivity contribution in [2.75, 3.05) is 0 Å². The molecule has 1 aromatic heterocycles. The smallest absolute Gasteiger partial charge is 0.138 e. The number of aromatic nitrogens is 2. The van der Waals surface area contributed by atoms with Crippen LogP contribution in [0.4, 0.5) is 0 Å². The summed E-state index contributed by atoms with van der Waals surface area (Å²) in [5.41, 5.74) is 10.8. The second-order valence-corrected chi connectivity index (χ2v) is 5.04. The third-order valence-corrected chi connectivity index (χ3v) is 3.47. The Labute approximate surface area is 116 Å². The molecule has 1 heterocycles. The first-order valence-electron chi connectivity index (χ1n) is 6.12. The minimum atomic E-state index is 0.528. The lowest BCUT2D eigenvalue weighted by molar-refractivity contribution is 1.07. The summed E-state index contributed by atoms with van der Waals surface area (Å²) in [4.78, 5) is 7.93. The first kappa shape index (κ1) is 12.2. The van der Waals surface area contributed by atoms with Crippen molar-refractivity contribution >= 4 is 22.6 Å². The highest BCUT2D eigenvalue weighted by Gasteiger charge is 2.08. The van der Waals surface area contributed by atoms with Gasteiger partial charge in [0, 0.05) is 17.1 Å². The highest BCUT2D eigenvalue weighted by atomic mass is 35.5. The molecule has 2 aromatic carbocycles. The SMILES string of the molecule is Cc1ccc(Cl)cc1-c1nc2ccc(CN)cc2[nH]1. The van der Waals surface area contributed by atoms with Crippen LogP contribution in [-0.2, 0) is 6.54 Å². The van der Waals surface area contributed by atoms with E-state index in [1.54, 1.807) is 0 Å². The maximum atomic E-state index is 6.05. The van der Waals surface area contributed by atoms with Crippen molar-refractivity contribution in [2.45, 2.75) is 13.5 Å². The molecule has 3 aromatic rings.